The third kappa shape index (κ3) is 4.63. The Morgan fingerprint density at radius 1 is 1.04 bits per heavy atom. The molecule has 4 nitrogen and oxygen atoms in total. The van der Waals surface area contributed by atoms with E-state index >= 15 is 0 Å². The molecular weight excluding hydrogens is 314 g/mol. The zero-order valence-corrected chi connectivity index (χ0v) is 14.0. The topological polar surface area (TPSA) is 47.6 Å². The minimum absolute atomic E-state index is 0.186. The van der Waals surface area contributed by atoms with Crippen LogP contribution >= 0.6 is 11.6 Å². The highest BCUT2D eigenvalue weighted by Gasteiger charge is 2.11. The van der Waals surface area contributed by atoms with Gasteiger partial charge in [-0.1, -0.05) is 29.8 Å². The van der Waals surface area contributed by atoms with Crippen molar-refractivity contribution >= 4 is 17.5 Å². The monoisotopic (exact) mass is 333 g/mol. The van der Waals surface area contributed by atoms with Crippen LogP contribution in [0.3, 0.4) is 0 Å². The zero-order valence-electron chi connectivity index (χ0n) is 13.3. The summed E-state index contributed by atoms with van der Waals surface area (Å²) < 4.78 is 11.0. The maximum Gasteiger partial charge on any atom is 0.251 e. The number of carbonyl (C=O) groups is 1. The summed E-state index contributed by atoms with van der Waals surface area (Å²) in [5.41, 5.74) is 1.39. The molecule has 122 valence electrons. The number of benzene rings is 2. The van der Waals surface area contributed by atoms with Crippen LogP contribution in [0.25, 0.3) is 0 Å². The van der Waals surface area contributed by atoms with Crippen LogP contribution in [0.4, 0.5) is 0 Å². The first-order valence-corrected chi connectivity index (χ1v) is 7.94. The van der Waals surface area contributed by atoms with E-state index in [0.29, 0.717) is 41.8 Å². The lowest BCUT2D eigenvalue weighted by Gasteiger charge is -2.12. The predicted octanol–water partition coefficient (Wildman–Crippen LogP) is 4.07. The molecule has 0 heterocycles. The van der Waals surface area contributed by atoms with Crippen molar-refractivity contribution < 1.29 is 14.3 Å². The summed E-state index contributed by atoms with van der Waals surface area (Å²) >= 11 is 6.09. The van der Waals surface area contributed by atoms with Crippen molar-refractivity contribution in [2.24, 2.45) is 0 Å². The molecular formula is C18H20ClNO3. The molecule has 0 bridgehead atoms. The number of rotatable bonds is 7. The molecule has 0 aliphatic rings. The van der Waals surface area contributed by atoms with Gasteiger partial charge in [0.05, 0.1) is 13.2 Å². The molecule has 0 fully saturated rings. The molecule has 0 radical (unpaired) electrons. The minimum Gasteiger partial charge on any atom is -0.490 e. The molecule has 2 aromatic rings. The van der Waals surface area contributed by atoms with Gasteiger partial charge in [-0.05, 0) is 43.7 Å². The molecule has 0 spiro atoms. The van der Waals surface area contributed by atoms with E-state index in [1.54, 1.807) is 24.3 Å². The van der Waals surface area contributed by atoms with Crippen LogP contribution in [0.2, 0.25) is 5.02 Å². The molecule has 0 saturated heterocycles. The second-order valence-electron chi connectivity index (χ2n) is 4.80. The molecule has 0 atom stereocenters. The van der Waals surface area contributed by atoms with Gasteiger partial charge in [-0.3, -0.25) is 4.79 Å². The highest BCUT2D eigenvalue weighted by molar-refractivity contribution is 6.31. The Balaban J connectivity index is 2.09. The molecule has 0 aliphatic heterocycles. The quantitative estimate of drug-likeness (QED) is 0.831. The van der Waals surface area contributed by atoms with Crippen LogP contribution in [0.5, 0.6) is 11.5 Å². The maximum atomic E-state index is 12.3. The van der Waals surface area contributed by atoms with Crippen molar-refractivity contribution in [3.8, 4) is 11.5 Å². The Hall–Kier alpha value is -2.20. The second kappa shape index (κ2) is 8.44. The largest absolute Gasteiger partial charge is 0.490 e. The fourth-order valence-corrected chi connectivity index (χ4v) is 2.31. The Bertz CT molecular complexity index is 673. The van der Waals surface area contributed by atoms with Crippen molar-refractivity contribution in [2.45, 2.75) is 20.4 Å². The maximum absolute atomic E-state index is 12.3. The Kier molecular flexibility index (Phi) is 6.29. The summed E-state index contributed by atoms with van der Waals surface area (Å²) in [6.07, 6.45) is 0. The van der Waals surface area contributed by atoms with Gasteiger partial charge >= 0.3 is 0 Å². The highest BCUT2D eigenvalue weighted by atomic mass is 35.5. The standard InChI is InChI=1S/C18H20ClNO3/c1-3-22-16-10-9-13(11-17(16)23-4-2)18(21)20-12-14-7-5-6-8-15(14)19/h5-11H,3-4,12H2,1-2H3,(H,20,21). The van der Waals surface area contributed by atoms with E-state index in [0.717, 1.165) is 5.56 Å². The van der Waals surface area contributed by atoms with E-state index in [9.17, 15) is 4.79 Å². The van der Waals surface area contributed by atoms with Crippen molar-refractivity contribution in [2.75, 3.05) is 13.2 Å². The minimum atomic E-state index is -0.186. The molecule has 5 heteroatoms. The van der Waals surface area contributed by atoms with Crippen molar-refractivity contribution in [3.05, 3.63) is 58.6 Å². The molecule has 1 amide bonds. The van der Waals surface area contributed by atoms with Gasteiger partial charge in [0, 0.05) is 17.1 Å². The molecule has 23 heavy (non-hydrogen) atoms. The average molecular weight is 334 g/mol. The van der Waals surface area contributed by atoms with Crippen LogP contribution in [0.15, 0.2) is 42.5 Å². The van der Waals surface area contributed by atoms with Crippen LogP contribution in [0, 0.1) is 0 Å². The number of carbonyl (C=O) groups excluding carboxylic acids is 1. The molecule has 2 rings (SSSR count). The Morgan fingerprint density at radius 3 is 2.43 bits per heavy atom. The molecule has 0 saturated carbocycles. The van der Waals surface area contributed by atoms with Gasteiger partial charge in [0.15, 0.2) is 11.5 Å². The number of nitrogens with one attached hydrogen (secondary N) is 1. The third-order valence-electron chi connectivity index (χ3n) is 3.20. The van der Waals surface area contributed by atoms with Crippen molar-refractivity contribution in [3.63, 3.8) is 0 Å². The van der Waals surface area contributed by atoms with E-state index in [1.807, 2.05) is 32.0 Å². The zero-order chi connectivity index (χ0) is 16.7. The first kappa shape index (κ1) is 17.2. The summed E-state index contributed by atoms with van der Waals surface area (Å²) in [6, 6.07) is 12.6. The van der Waals surface area contributed by atoms with Crippen molar-refractivity contribution in [1.82, 2.24) is 5.32 Å². The van der Waals surface area contributed by atoms with E-state index in [-0.39, 0.29) is 5.91 Å². The number of ether oxygens (including phenoxy) is 2. The summed E-state index contributed by atoms with van der Waals surface area (Å²) in [6.45, 7) is 5.21. The van der Waals surface area contributed by atoms with Gasteiger partial charge < -0.3 is 14.8 Å². The van der Waals surface area contributed by atoms with Crippen LogP contribution in [-0.2, 0) is 6.54 Å². The fourth-order valence-electron chi connectivity index (χ4n) is 2.11. The van der Waals surface area contributed by atoms with E-state index in [2.05, 4.69) is 5.32 Å². The summed E-state index contributed by atoms with van der Waals surface area (Å²) in [4.78, 5) is 12.3. The molecule has 0 unspecified atom stereocenters. The lowest BCUT2D eigenvalue weighted by molar-refractivity contribution is 0.0950. The smallest absolute Gasteiger partial charge is 0.251 e. The van der Waals surface area contributed by atoms with Gasteiger partial charge in [-0.25, -0.2) is 0 Å². The SMILES string of the molecule is CCOc1ccc(C(=O)NCc2ccccc2Cl)cc1OCC. The number of halogens is 1. The second-order valence-corrected chi connectivity index (χ2v) is 5.21. The first-order chi connectivity index (χ1) is 11.2. The third-order valence-corrected chi connectivity index (χ3v) is 3.57. The van der Waals surface area contributed by atoms with Gasteiger partial charge in [-0.15, -0.1) is 0 Å². The average Bonchev–Trinajstić information content (AvgIpc) is 2.56. The molecule has 0 aromatic heterocycles. The predicted molar refractivity (Wildman–Crippen MR) is 91.4 cm³/mol. The normalized spacial score (nSPS) is 10.2. The number of hydrogen-bond donors (Lipinski definition) is 1. The number of hydrogen-bond acceptors (Lipinski definition) is 3. The molecule has 0 aliphatic carbocycles. The van der Waals surface area contributed by atoms with Crippen LogP contribution in [-0.4, -0.2) is 19.1 Å². The fraction of sp³-hybridized carbons (Fsp3) is 0.278. The molecule has 2 aromatic carbocycles. The van der Waals surface area contributed by atoms with Gasteiger partial charge in [0.2, 0.25) is 0 Å². The van der Waals surface area contributed by atoms with E-state index < -0.39 is 0 Å². The van der Waals surface area contributed by atoms with Crippen LogP contribution in [0.1, 0.15) is 29.8 Å². The van der Waals surface area contributed by atoms with Crippen molar-refractivity contribution in [1.29, 1.82) is 0 Å². The molecule has 1 N–H and O–H groups in total. The van der Waals surface area contributed by atoms with E-state index in [4.69, 9.17) is 21.1 Å². The first-order valence-electron chi connectivity index (χ1n) is 7.57. The van der Waals surface area contributed by atoms with Gasteiger partial charge in [0.25, 0.3) is 5.91 Å². The van der Waals surface area contributed by atoms with Gasteiger partial charge in [-0.2, -0.15) is 0 Å². The van der Waals surface area contributed by atoms with E-state index in [1.165, 1.54) is 0 Å². The van der Waals surface area contributed by atoms with Crippen LogP contribution < -0.4 is 14.8 Å². The Labute approximate surface area is 141 Å². The Morgan fingerprint density at radius 2 is 1.74 bits per heavy atom. The number of amides is 1. The lowest BCUT2D eigenvalue weighted by atomic mass is 10.1. The van der Waals surface area contributed by atoms with Gasteiger partial charge in [0.1, 0.15) is 0 Å². The summed E-state index contributed by atoms with van der Waals surface area (Å²) in [5.74, 6) is 1.02. The highest BCUT2D eigenvalue weighted by Crippen LogP contribution is 2.28. The lowest BCUT2D eigenvalue weighted by Crippen LogP contribution is -2.23. The summed E-state index contributed by atoms with van der Waals surface area (Å²) in [5, 5.41) is 3.49. The summed E-state index contributed by atoms with van der Waals surface area (Å²) in [7, 11) is 0.